The number of hydrogen-bond donors (Lipinski definition) is 2. The maximum atomic E-state index is 8.80. The van der Waals surface area contributed by atoms with Crippen LogP contribution >= 0.6 is 0 Å². The van der Waals surface area contributed by atoms with Gasteiger partial charge in [-0.05, 0) is 12.1 Å². The van der Waals surface area contributed by atoms with E-state index in [1.165, 1.54) is 0 Å². The third-order valence-electron chi connectivity index (χ3n) is 1.85. The molecule has 2 rings (SSSR count). The lowest BCUT2D eigenvalue weighted by atomic mass is 10.3. The van der Waals surface area contributed by atoms with Crippen molar-refractivity contribution in [2.24, 2.45) is 5.73 Å². The van der Waals surface area contributed by atoms with Gasteiger partial charge in [-0.15, -0.1) is 0 Å². The Morgan fingerprint density at radius 2 is 2.33 bits per heavy atom. The van der Waals surface area contributed by atoms with Gasteiger partial charge in [0.1, 0.15) is 11.7 Å². The van der Waals surface area contributed by atoms with Crippen molar-refractivity contribution in [3.05, 3.63) is 30.3 Å². The molecule has 0 radical (unpaired) electrons. The summed E-state index contributed by atoms with van der Waals surface area (Å²) in [6, 6.07) is 4.74. The molecule has 6 heteroatoms. The normalized spacial score (nSPS) is 12.7. The van der Waals surface area contributed by atoms with Gasteiger partial charge in [-0.2, -0.15) is 4.98 Å². The molecule has 0 aliphatic heterocycles. The molecule has 0 unspecified atom stereocenters. The summed E-state index contributed by atoms with van der Waals surface area (Å²) in [6.07, 6.45) is 1.64. The third-order valence-corrected chi connectivity index (χ3v) is 1.85. The minimum Gasteiger partial charge on any atom is -0.394 e. The molecule has 2 aromatic rings. The summed E-state index contributed by atoms with van der Waals surface area (Å²) in [6.45, 7) is -0.232. The molecule has 0 amide bonds. The zero-order valence-electron chi connectivity index (χ0n) is 7.87. The zero-order valence-corrected chi connectivity index (χ0v) is 7.87. The van der Waals surface area contributed by atoms with Crippen LogP contribution in [0.25, 0.3) is 11.5 Å². The van der Waals surface area contributed by atoms with E-state index in [1.807, 2.05) is 6.07 Å². The first kappa shape index (κ1) is 9.75. The number of nitrogens with zero attached hydrogens (tertiary/aromatic N) is 3. The molecule has 0 saturated carbocycles. The van der Waals surface area contributed by atoms with E-state index in [0.29, 0.717) is 11.5 Å². The van der Waals surface area contributed by atoms with Gasteiger partial charge in [-0.25, -0.2) is 0 Å². The Hall–Kier alpha value is -1.79. The molecule has 0 saturated heterocycles. The van der Waals surface area contributed by atoms with Crippen molar-refractivity contribution in [1.29, 1.82) is 0 Å². The molecule has 2 heterocycles. The average molecular weight is 206 g/mol. The Kier molecular flexibility index (Phi) is 2.70. The van der Waals surface area contributed by atoms with E-state index in [0.717, 1.165) is 0 Å². The standard InChI is InChI=1S/C9H10N4O2/c10-6(5-14)9-12-8(13-15-9)7-3-1-2-4-11-7/h1-4,6,14H,5,10H2/t6-/m0/s1. The highest BCUT2D eigenvalue weighted by atomic mass is 16.5. The summed E-state index contributed by atoms with van der Waals surface area (Å²) in [5.74, 6) is 0.577. The maximum absolute atomic E-state index is 8.80. The summed E-state index contributed by atoms with van der Waals surface area (Å²) < 4.78 is 4.89. The number of aliphatic hydroxyl groups excluding tert-OH is 1. The fourth-order valence-corrected chi connectivity index (χ4v) is 1.06. The third kappa shape index (κ3) is 2.00. The Morgan fingerprint density at radius 1 is 1.47 bits per heavy atom. The van der Waals surface area contributed by atoms with Crippen LogP contribution in [-0.4, -0.2) is 26.8 Å². The molecule has 3 N–H and O–H groups in total. The first-order chi connectivity index (χ1) is 7.31. The predicted octanol–water partition coefficient (Wildman–Crippen LogP) is 0.124. The molecular formula is C9H10N4O2. The number of pyridine rings is 1. The van der Waals surface area contributed by atoms with Crippen molar-refractivity contribution >= 4 is 0 Å². The van der Waals surface area contributed by atoms with Gasteiger partial charge in [0.15, 0.2) is 0 Å². The lowest BCUT2D eigenvalue weighted by molar-refractivity contribution is 0.237. The van der Waals surface area contributed by atoms with Gasteiger partial charge in [-0.1, -0.05) is 11.2 Å². The van der Waals surface area contributed by atoms with Crippen molar-refractivity contribution in [1.82, 2.24) is 15.1 Å². The molecule has 15 heavy (non-hydrogen) atoms. The largest absolute Gasteiger partial charge is 0.394 e. The first-order valence-electron chi connectivity index (χ1n) is 4.42. The van der Waals surface area contributed by atoms with Gasteiger partial charge in [0.2, 0.25) is 11.7 Å². The van der Waals surface area contributed by atoms with Crippen LogP contribution in [0.2, 0.25) is 0 Å². The summed E-state index contributed by atoms with van der Waals surface area (Å²) in [4.78, 5) is 8.09. The molecule has 6 nitrogen and oxygen atoms in total. The summed E-state index contributed by atoms with van der Waals surface area (Å²) in [5.41, 5.74) is 6.13. The van der Waals surface area contributed by atoms with Gasteiger partial charge in [0, 0.05) is 6.20 Å². The molecular weight excluding hydrogens is 196 g/mol. The molecule has 78 valence electrons. The minimum atomic E-state index is -0.644. The van der Waals surface area contributed by atoms with Crippen molar-refractivity contribution < 1.29 is 9.63 Å². The smallest absolute Gasteiger partial charge is 0.246 e. The minimum absolute atomic E-state index is 0.207. The topological polar surface area (TPSA) is 98.1 Å². The SMILES string of the molecule is N[C@@H](CO)c1nc(-c2ccccn2)no1. The second kappa shape index (κ2) is 4.16. The average Bonchev–Trinajstić information content (AvgIpc) is 2.78. The number of nitrogens with two attached hydrogens (primary N) is 1. The highest BCUT2D eigenvalue weighted by Gasteiger charge is 2.14. The predicted molar refractivity (Wildman–Crippen MR) is 51.5 cm³/mol. The number of rotatable bonds is 3. The van der Waals surface area contributed by atoms with Gasteiger partial charge in [0.05, 0.1) is 6.61 Å². The molecule has 0 fully saturated rings. The Balaban J connectivity index is 2.28. The Labute approximate surface area is 85.8 Å². The van der Waals surface area contributed by atoms with Gasteiger partial charge < -0.3 is 15.4 Å². The second-order valence-electron chi connectivity index (χ2n) is 2.96. The van der Waals surface area contributed by atoms with E-state index < -0.39 is 6.04 Å². The fraction of sp³-hybridized carbons (Fsp3) is 0.222. The molecule has 0 aromatic carbocycles. The molecule has 0 spiro atoms. The molecule has 0 aliphatic rings. The van der Waals surface area contributed by atoms with E-state index in [4.69, 9.17) is 15.4 Å². The quantitative estimate of drug-likeness (QED) is 0.740. The van der Waals surface area contributed by atoms with Crippen molar-refractivity contribution in [3.63, 3.8) is 0 Å². The second-order valence-corrected chi connectivity index (χ2v) is 2.96. The lowest BCUT2D eigenvalue weighted by Gasteiger charge is -1.98. The van der Waals surface area contributed by atoms with Crippen LogP contribution in [0.1, 0.15) is 11.9 Å². The monoisotopic (exact) mass is 206 g/mol. The summed E-state index contributed by atoms with van der Waals surface area (Å²) >= 11 is 0. The molecule has 0 bridgehead atoms. The maximum Gasteiger partial charge on any atom is 0.246 e. The van der Waals surface area contributed by atoms with E-state index in [2.05, 4.69) is 15.1 Å². The highest BCUT2D eigenvalue weighted by molar-refractivity contribution is 5.47. The van der Waals surface area contributed by atoms with Gasteiger partial charge >= 0.3 is 0 Å². The van der Waals surface area contributed by atoms with E-state index in [9.17, 15) is 0 Å². The van der Waals surface area contributed by atoms with Crippen LogP contribution < -0.4 is 5.73 Å². The van der Waals surface area contributed by atoms with Crippen molar-refractivity contribution in [2.45, 2.75) is 6.04 Å². The molecule has 0 aliphatic carbocycles. The highest BCUT2D eigenvalue weighted by Crippen LogP contribution is 2.14. The zero-order chi connectivity index (χ0) is 10.7. The fourth-order valence-electron chi connectivity index (χ4n) is 1.06. The van der Waals surface area contributed by atoms with Crippen LogP contribution in [0.5, 0.6) is 0 Å². The first-order valence-corrected chi connectivity index (χ1v) is 4.42. The van der Waals surface area contributed by atoms with E-state index >= 15 is 0 Å². The Morgan fingerprint density at radius 3 is 3.00 bits per heavy atom. The molecule has 1 atom stereocenters. The van der Waals surface area contributed by atoms with Crippen LogP contribution in [0, 0.1) is 0 Å². The Bertz CT molecular complexity index is 429. The number of aliphatic hydroxyl groups is 1. The summed E-state index contributed by atoms with van der Waals surface area (Å²) in [7, 11) is 0. The van der Waals surface area contributed by atoms with E-state index in [-0.39, 0.29) is 12.5 Å². The molecule has 2 aromatic heterocycles. The van der Waals surface area contributed by atoms with Crippen molar-refractivity contribution in [3.8, 4) is 11.5 Å². The van der Waals surface area contributed by atoms with Crippen LogP contribution in [0.3, 0.4) is 0 Å². The van der Waals surface area contributed by atoms with Gasteiger partial charge in [0.25, 0.3) is 0 Å². The van der Waals surface area contributed by atoms with Crippen LogP contribution in [-0.2, 0) is 0 Å². The van der Waals surface area contributed by atoms with E-state index in [1.54, 1.807) is 18.3 Å². The number of aromatic nitrogens is 3. The van der Waals surface area contributed by atoms with Crippen LogP contribution in [0.15, 0.2) is 28.9 Å². The lowest BCUT2D eigenvalue weighted by Crippen LogP contribution is -2.14. The summed E-state index contributed by atoms with van der Waals surface area (Å²) in [5, 5.41) is 12.5. The van der Waals surface area contributed by atoms with Crippen LogP contribution in [0.4, 0.5) is 0 Å². The van der Waals surface area contributed by atoms with Gasteiger partial charge in [-0.3, -0.25) is 4.98 Å². The van der Waals surface area contributed by atoms with Crippen molar-refractivity contribution in [2.75, 3.05) is 6.61 Å². The number of hydrogen-bond acceptors (Lipinski definition) is 6.